The van der Waals surface area contributed by atoms with Crippen LogP contribution in [0.5, 0.6) is 0 Å². The number of hydrogen-bond acceptors (Lipinski definition) is 4. The maximum atomic E-state index is 13.3. The van der Waals surface area contributed by atoms with Crippen molar-refractivity contribution < 1.29 is 9.53 Å². The highest BCUT2D eigenvalue weighted by Crippen LogP contribution is 2.19. The molecular weight excluding hydrogens is 354 g/mol. The fraction of sp³-hybridized carbons (Fsp3) is 0.318. The van der Waals surface area contributed by atoms with Crippen LogP contribution in [0.15, 0.2) is 59.4 Å². The van der Waals surface area contributed by atoms with Crippen LogP contribution in [-0.4, -0.2) is 45.9 Å². The van der Waals surface area contributed by atoms with Gasteiger partial charge in [-0.25, -0.2) is 4.68 Å². The van der Waals surface area contributed by atoms with E-state index in [1.165, 1.54) is 4.68 Å². The number of benzene rings is 2. The van der Waals surface area contributed by atoms with Crippen LogP contribution in [0.25, 0.3) is 10.8 Å². The van der Waals surface area contributed by atoms with Crippen molar-refractivity contribution >= 4 is 16.7 Å². The molecule has 3 aromatic rings. The predicted molar refractivity (Wildman–Crippen MR) is 107 cm³/mol. The number of fused-ring (bicyclic) bond motifs is 1. The van der Waals surface area contributed by atoms with Crippen molar-refractivity contribution in [3.8, 4) is 0 Å². The van der Waals surface area contributed by atoms with Gasteiger partial charge >= 0.3 is 0 Å². The van der Waals surface area contributed by atoms with Crippen LogP contribution in [-0.2, 0) is 11.3 Å². The number of hydrogen-bond donors (Lipinski definition) is 0. The van der Waals surface area contributed by atoms with E-state index in [2.05, 4.69) is 5.10 Å². The van der Waals surface area contributed by atoms with Gasteiger partial charge in [-0.2, -0.15) is 5.10 Å². The Labute approximate surface area is 163 Å². The molecule has 1 aliphatic rings. The molecule has 0 unspecified atom stereocenters. The average Bonchev–Trinajstić information content (AvgIpc) is 2.70. The first kappa shape index (κ1) is 18.4. The Kier molecular flexibility index (Phi) is 4.96. The molecule has 0 bridgehead atoms. The number of amides is 1. The van der Waals surface area contributed by atoms with Crippen molar-refractivity contribution in [1.29, 1.82) is 0 Å². The van der Waals surface area contributed by atoms with E-state index in [1.807, 2.05) is 56.3 Å². The molecule has 4 rings (SSSR count). The summed E-state index contributed by atoms with van der Waals surface area (Å²) in [5.74, 6) is -0.167. The third-order valence-electron chi connectivity index (χ3n) is 4.95. The minimum atomic E-state index is -0.195. The highest BCUT2D eigenvalue weighted by atomic mass is 16.5. The zero-order chi connectivity index (χ0) is 19.7. The summed E-state index contributed by atoms with van der Waals surface area (Å²) in [5, 5.41) is 5.59. The van der Waals surface area contributed by atoms with Crippen molar-refractivity contribution in [1.82, 2.24) is 14.7 Å². The minimum Gasteiger partial charge on any atom is -0.372 e. The number of morpholine rings is 1. The third kappa shape index (κ3) is 3.55. The van der Waals surface area contributed by atoms with E-state index in [0.29, 0.717) is 36.1 Å². The van der Waals surface area contributed by atoms with Gasteiger partial charge in [0.2, 0.25) is 0 Å². The maximum absolute atomic E-state index is 13.3. The second-order valence-corrected chi connectivity index (χ2v) is 7.31. The molecule has 1 amide bonds. The van der Waals surface area contributed by atoms with Gasteiger partial charge in [-0.3, -0.25) is 9.59 Å². The smallest absolute Gasteiger partial charge is 0.275 e. The zero-order valence-electron chi connectivity index (χ0n) is 16.0. The van der Waals surface area contributed by atoms with Crippen LogP contribution in [0.2, 0.25) is 0 Å². The van der Waals surface area contributed by atoms with E-state index in [4.69, 9.17) is 4.74 Å². The summed E-state index contributed by atoms with van der Waals surface area (Å²) in [6, 6.07) is 16.8. The van der Waals surface area contributed by atoms with E-state index in [9.17, 15) is 9.59 Å². The molecule has 2 heterocycles. The first-order chi connectivity index (χ1) is 13.5. The van der Waals surface area contributed by atoms with Gasteiger partial charge in [-0.05, 0) is 25.5 Å². The van der Waals surface area contributed by atoms with Gasteiger partial charge < -0.3 is 9.64 Å². The van der Waals surface area contributed by atoms with Gasteiger partial charge in [0.25, 0.3) is 11.5 Å². The number of ether oxygens (including phenoxy) is 1. The van der Waals surface area contributed by atoms with Crippen LogP contribution in [0.4, 0.5) is 0 Å². The fourth-order valence-corrected chi connectivity index (χ4v) is 3.75. The first-order valence-corrected chi connectivity index (χ1v) is 9.51. The third-order valence-corrected chi connectivity index (χ3v) is 4.95. The van der Waals surface area contributed by atoms with E-state index >= 15 is 0 Å². The van der Waals surface area contributed by atoms with Gasteiger partial charge in [0.1, 0.15) is 0 Å². The highest BCUT2D eigenvalue weighted by Gasteiger charge is 2.29. The van der Waals surface area contributed by atoms with Crippen LogP contribution < -0.4 is 5.56 Å². The molecule has 1 fully saturated rings. The Balaban J connectivity index is 1.80. The lowest BCUT2D eigenvalue weighted by molar-refractivity contribution is -0.0587. The fourth-order valence-electron chi connectivity index (χ4n) is 3.75. The molecule has 6 nitrogen and oxygen atoms in total. The molecule has 0 N–H and O–H groups in total. The van der Waals surface area contributed by atoms with Crippen LogP contribution in [0.3, 0.4) is 0 Å². The molecule has 6 heteroatoms. The molecule has 0 spiro atoms. The van der Waals surface area contributed by atoms with Crippen LogP contribution >= 0.6 is 0 Å². The minimum absolute atomic E-state index is 0.0332. The van der Waals surface area contributed by atoms with Gasteiger partial charge in [-0.15, -0.1) is 0 Å². The molecule has 0 saturated carbocycles. The lowest BCUT2D eigenvalue weighted by Gasteiger charge is -2.35. The molecule has 0 radical (unpaired) electrons. The standard InChI is InChI=1S/C22H23N3O3/c1-15-12-24(13-16(2)28-15)22(27)20-18-10-6-7-11-19(18)21(26)25(23-20)14-17-8-4-3-5-9-17/h3-11,15-16H,12-14H2,1-2H3/t15-,16+. The summed E-state index contributed by atoms with van der Waals surface area (Å²) in [7, 11) is 0. The largest absolute Gasteiger partial charge is 0.372 e. The average molecular weight is 377 g/mol. The second-order valence-electron chi connectivity index (χ2n) is 7.31. The van der Waals surface area contributed by atoms with Crippen LogP contribution in [0.1, 0.15) is 29.9 Å². The van der Waals surface area contributed by atoms with Crippen molar-refractivity contribution in [2.45, 2.75) is 32.6 Å². The highest BCUT2D eigenvalue weighted by molar-refractivity contribution is 6.04. The van der Waals surface area contributed by atoms with Gasteiger partial charge in [-0.1, -0.05) is 48.5 Å². The number of aromatic nitrogens is 2. The maximum Gasteiger partial charge on any atom is 0.275 e. The molecule has 28 heavy (non-hydrogen) atoms. The molecule has 0 aliphatic carbocycles. The predicted octanol–water partition coefficient (Wildman–Crippen LogP) is 2.69. The van der Waals surface area contributed by atoms with Gasteiger partial charge in [0, 0.05) is 18.5 Å². The van der Waals surface area contributed by atoms with E-state index in [0.717, 1.165) is 5.56 Å². The Morgan fingerprint density at radius 1 is 1.00 bits per heavy atom. The van der Waals surface area contributed by atoms with Crippen molar-refractivity contribution in [2.75, 3.05) is 13.1 Å². The number of nitrogens with zero attached hydrogens (tertiary/aromatic N) is 3. The normalized spacial score (nSPS) is 19.7. The Bertz CT molecular complexity index is 1050. The summed E-state index contributed by atoms with van der Waals surface area (Å²) < 4.78 is 7.13. The molecule has 2 atom stereocenters. The Morgan fingerprint density at radius 3 is 2.29 bits per heavy atom. The zero-order valence-corrected chi connectivity index (χ0v) is 16.0. The second kappa shape index (κ2) is 7.56. The van der Waals surface area contributed by atoms with E-state index < -0.39 is 0 Å². The number of rotatable bonds is 3. The first-order valence-electron chi connectivity index (χ1n) is 9.51. The molecule has 1 aliphatic heterocycles. The van der Waals surface area contributed by atoms with E-state index in [1.54, 1.807) is 17.0 Å². The lowest BCUT2D eigenvalue weighted by Crippen LogP contribution is -2.48. The summed E-state index contributed by atoms with van der Waals surface area (Å²) in [4.78, 5) is 28.0. The quantitative estimate of drug-likeness (QED) is 0.704. The van der Waals surface area contributed by atoms with Crippen molar-refractivity contribution in [3.05, 3.63) is 76.2 Å². The van der Waals surface area contributed by atoms with Crippen molar-refractivity contribution in [3.63, 3.8) is 0 Å². The summed E-state index contributed by atoms with van der Waals surface area (Å²) in [6.07, 6.45) is -0.0663. The molecule has 1 aromatic heterocycles. The molecule has 1 saturated heterocycles. The summed E-state index contributed by atoms with van der Waals surface area (Å²) in [5.41, 5.74) is 1.08. The summed E-state index contributed by atoms with van der Waals surface area (Å²) in [6.45, 7) is 5.25. The van der Waals surface area contributed by atoms with Crippen LogP contribution in [0, 0.1) is 0 Å². The molecular formula is C22H23N3O3. The Hall–Kier alpha value is -2.99. The topological polar surface area (TPSA) is 64.4 Å². The number of carbonyl (C=O) groups excluding carboxylic acids is 1. The Morgan fingerprint density at radius 2 is 1.61 bits per heavy atom. The summed E-state index contributed by atoms with van der Waals surface area (Å²) >= 11 is 0. The number of carbonyl (C=O) groups is 1. The monoisotopic (exact) mass is 377 g/mol. The lowest BCUT2D eigenvalue weighted by atomic mass is 10.1. The van der Waals surface area contributed by atoms with E-state index in [-0.39, 0.29) is 23.7 Å². The SMILES string of the molecule is C[C@@H]1CN(C(=O)c2nn(Cc3ccccc3)c(=O)c3ccccc23)C[C@H](C)O1. The van der Waals surface area contributed by atoms with Crippen molar-refractivity contribution in [2.24, 2.45) is 0 Å². The molecule has 144 valence electrons. The van der Waals surface area contributed by atoms with Gasteiger partial charge in [0.05, 0.1) is 24.1 Å². The van der Waals surface area contributed by atoms with Gasteiger partial charge in [0.15, 0.2) is 5.69 Å². The molecule has 2 aromatic carbocycles.